The van der Waals surface area contributed by atoms with Gasteiger partial charge in [-0.15, -0.1) is 0 Å². The van der Waals surface area contributed by atoms with Crippen LogP contribution < -0.4 is 10.5 Å². The zero-order valence-electron chi connectivity index (χ0n) is 11.2. The summed E-state index contributed by atoms with van der Waals surface area (Å²) in [6.45, 7) is 4.11. The summed E-state index contributed by atoms with van der Waals surface area (Å²) in [6, 6.07) is 12.5. The molecule has 0 amide bonds. The third kappa shape index (κ3) is 2.65. The van der Waals surface area contributed by atoms with E-state index in [9.17, 15) is 0 Å². The molecular weight excluding hydrogens is 222 g/mol. The van der Waals surface area contributed by atoms with Gasteiger partial charge < -0.3 is 10.5 Å². The van der Waals surface area contributed by atoms with Crippen LogP contribution in [0.2, 0.25) is 0 Å². The molecule has 0 aliphatic heterocycles. The molecule has 94 valence electrons. The predicted octanol–water partition coefficient (Wildman–Crippen LogP) is 3.49. The molecule has 2 nitrogen and oxygen atoms in total. The molecule has 0 aliphatic carbocycles. The second-order valence-electron chi connectivity index (χ2n) is 4.68. The molecule has 2 N–H and O–H groups in total. The molecule has 0 bridgehead atoms. The van der Waals surface area contributed by atoms with Crippen molar-refractivity contribution in [2.75, 3.05) is 12.8 Å². The van der Waals surface area contributed by atoms with Crippen molar-refractivity contribution < 1.29 is 4.74 Å². The number of benzene rings is 2. The summed E-state index contributed by atoms with van der Waals surface area (Å²) in [5, 5.41) is 0. The lowest BCUT2D eigenvalue weighted by Crippen LogP contribution is -1.97. The summed E-state index contributed by atoms with van der Waals surface area (Å²) in [5.41, 5.74) is 11.6. The summed E-state index contributed by atoms with van der Waals surface area (Å²) in [5.74, 6) is 0.930. The molecule has 0 saturated carbocycles. The second kappa shape index (κ2) is 5.13. The van der Waals surface area contributed by atoms with Gasteiger partial charge >= 0.3 is 0 Å². The molecule has 0 fully saturated rings. The molecule has 0 heterocycles. The molecule has 18 heavy (non-hydrogen) atoms. The zero-order chi connectivity index (χ0) is 13.1. The third-order valence-corrected chi connectivity index (χ3v) is 3.17. The number of rotatable bonds is 3. The van der Waals surface area contributed by atoms with Gasteiger partial charge in [-0.3, -0.25) is 0 Å². The van der Waals surface area contributed by atoms with Gasteiger partial charge in [-0.05, 0) is 42.7 Å². The van der Waals surface area contributed by atoms with Gasteiger partial charge in [-0.1, -0.05) is 29.8 Å². The van der Waals surface area contributed by atoms with Crippen molar-refractivity contribution in [3.63, 3.8) is 0 Å². The molecule has 0 atom stereocenters. The Morgan fingerprint density at radius 2 is 1.83 bits per heavy atom. The van der Waals surface area contributed by atoms with Crippen molar-refractivity contribution in [1.29, 1.82) is 0 Å². The second-order valence-corrected chi connectivity index (χ2v) is 4.68. The first kappa shape index (κ1) is 12.5. The van der Waals surface area contributed by atoms with Crippen molar-refractivity contribution in [2.45, 2.75) is 20.3 Å². The summed E-state index contributed by atoms with van der Waals surface area (Å²) < 4.78 is 5.40. The first-order valence-electron chi connectivity index (χ1n) is 6.08. The van der Waals surface area contributed by atoms with Gasteiger partial charge in [0.2, 0.25) is 0 Å². The van der Waals surface area contributed by atoms with Crippen molar-refractivity contribution in [3.8, 4) is 5.75 Å². The van der Waals surface area contributed by atoms with E-state index in [1.165, 1.54) is 16.7 Å². The number of anilines is 1. The standard InChI is InChI=1S/C16H19NO/c1-11-4-7-16(18-3)14(8-11)9-13-6-5-12(2)15(17)10-13/h4-8,10H,9,17H2,1-3H3. The van der Waals surface area contributed by atoms with E-state index in [1.54, 1.807) is 7.11 Å². The first-order valence-corrected chi connectivity index (χ1v) is 6.08. The van der Waals surface area contributed by atoms with Crippen LogP contribution in [0.1, 0.15) is 22.3 Å². The molecule has 2 rings (SSSR count). The maximum absolute atomic E-state index is 5.94. The first-order chi connectivity index (χ1) is 8.60. The molecule has 0 spiro atoms. The Balaban J connectivity index is 2.33. The van der Waals surface area contributed by atoms with Crippen molar-refractivity contribution in [1.82, 2.24) is 0 Å². The number of nitrogen functional groups attached to an aromatic ring is 1. The highest BCUT2D eigenvalue weighted by molar-refractivity contribution is 5.50. The van der Waals surface area contributed by atoms with Crippen LogP contribution in [-0.4, -0.2) is 7.11 Å². The van der Waals surface area contributed by atoms with E-state index < -0.39 is 0 Å². The van der Waals surface area contributed by atoms with E-state index in [1.807, 2.05) is 19.1 Å². The fraction of sp³-hybridized carbons (Fsp3) is 0.250. The highest BCUT2D eigenvalue weighted by atomic mass is 16.5. The summed E-state index contributed by atoms with van der Waals surface area (Å²) in [6.07, 6.45) is 0.843. The Hall–Kier alpha value is -1.96. The maximum Gasteiger partial charge on any atom is 0.122 e. The average Bonchev–Trinajstić information content (AvgIpc) is 2.34. The Morgan fingerprint density at radius 1 is 1.06 bits per heavy atom. The zero-order valence-corrected chi connectivity index (χ0v) is 11.2. The molecule has 0 saturated heterocycles. The fourth-order valence-corrected chi connectivity index (χ4v) is 2.07. The molecule has 0 radical (unpaired) electrons. The SMILES string of the molecule is COc1ccc(C)cc1Cc1ccc(C)c(N)c1. The summed E-state index contributed by atoms with van der Waals surface area (Å²) in [7, 11) is 1.71. The topological polar surface area (TPSA) is 35.2 Å². The maximum atomic E-state index is 5.94. The minimum atomic E-state index is 0.843. The molecular formula is C16H19NO. The Kier molecular flexibility index (Phi) is 3.56. The quantitative estimate of drug-likeness (QED) is 0.835. The van der Waals surface area contributed by atoms with Crippen LogP contribution in [0.15, 0.2) is 36.4 Å². The minimum absolute atomic E-state index is 0.843. The number of hydrogen-bond acceptors (Lipinski definition) is 2. The highest BCUT2D eigenvalue weighted by Gasteiger charge is 2.05. The normalized spacial score (nSPS) is 10.4. The van der Waals surface area contributed by atoms with Gasteiger partial charge in [-0.2, -0.15) is 0 Å². The Morgan fingerprint density at radius 3 is 2.50 bits per heavy atom. The lowest BCUT2D eigenvalue weighted by molar-refractivity contribution is 0.410. The number of ether oxygens (including phenoxy) is 1. The van der Waals surface area contributed by atoms with E-state index in [0.717, 1.165) is 23.4 Å². The van der Waals surface area contributed by atoms with E-state index in [4.69, 9.17) is 10.5 Å². The van der Waals surface area contributed by atoms with Gasteiger partial charge in [0.25, 0.3) is 0 Å². The van der Waals surface area contributed by atoms with E-state index >= 15 is 0 Å². The predicted molar refractivity (Wildman–Crippen MR) is 76.1 cm³/mol. The van der Waals surface area contributed by atoms with E-state index in [0.29, 0.717) is 0 Å². The van der Waals surface area contributed by atoms with Gasteiger partial charge in [0.05, 0.1) is 7.11 Å². The fourth-order valence-electron chi connectivity index (χ4n) is 2.07. The number of hydrogen-bond donors (Lipinski definition) is 1. The molecule has 2 aromatic carbocycles. The summed E-state index contributed by atoms with van der Waals surface area (Å²) in [4.78, 5) is 0. The molecule has 2 aromatic rings. The largest absolute Gasteiger partial charge is 0.496 e. The van der Waals surface area contributed by atoms with Crippen molar-refractivity contribution in [3.05, 3.63) is 58.7 Å². The third-order valence-electron chi connectivity index (χ3n) is 3.17. The minimum Gasteiger partial charge on any atom is -0.496 e. The number of nitrogens with two attached hydrogens (primary N) is 1. The van der Waals surface area contributed by atoms with Crippen molar-refractivity contribution in [2.24, 2.45) is 0 Å². The monoisotopic (exact) mass is 241 g/mol. The van der Waals surface area contributed by atoms with Crippen LogP contribution in [0.3, 0.4) is 0 Å². The molecule has 2 heteroatoms. The highest BCUT2D eigenvalue weighted by Crippen LogP contribution is 2.24. The Bertz CT molecular complexity index is 561. The number of aryl methyl sites for hydroxylation is 2. The van der Waals surface area contributed by atoms with E-state index in [2.05, 4.69) is 31.2 Å². The average molecular weight is 241 g/mol. The molecule has 0 aromatic heterocycles. The van der Waals surface area contributed by atoms with Gasteiger partial charge in [0.15, 0.2) is 0 Å². The summed E-state index contributed by atoms with van der Waals surface area (Å²) >= 11 is 0. The van der Waals surface area contributed by atoms with Crippen LogP contribution in [0.5, 0.6) is 5.75 Å². The molecule has 0 unspecified atom stereocenters. The lowest BCUT2D eigenvalue weighted by atomic mass is 10.0. The van der Waals surface area contributed by atoms with E-state index in [-0.39, 0.29) is 0 Å². The van der Waals surface area contributed by atoms with Crippen LogP contribution in [0, 0.1) is 13.8 Å². The lowest BCUT2D eigenvalue weighted by Gasteiger charge is -2.10. The van der Waals surface area contributed by atoms with Gasteiger partial charge in [0, 0.05) is 12.1 Å². The Labute approximate surface area is 108 Å². The van der Waals surface area contributed by atoms with Gasteiger partial charge in [-0.25, -0.2) is 0 Å². The smallest absolute Gasteiger partial charge is 0.122 e. The number of methoxy groups -OCH3 is 1. The van der Waals surface area contributed by atoms with Crippen LogP contribution >= 0.6 is 0 Å². The van der Waals surface area contributed by atoms with Crippen LogP contribution in [-0.2, 0) is 6.42 Å². The molecule has 0 aliphatic rings. The van der Waals surface area contributed by atoms with Crippen LogP contribution in [0.25, 0.3) is 0 Å². The van der Waals surface area contributed by atoms with Gasteiger partial charge in [0.1, 0.15) is 5.75 Å². The van der Waals surface area contributed by atoms with Crippen molar-refractivity contribution >= 4 is 5.69 Å². The van der Waals surface area contributed by atoms with Crippen LogP contribution in [0.4, 0.5) is 5.69 Å².